The number of hydrogen-bond acceptors (Lipinski definition) is 4. The Kier molecular flexibility index (Phi) is 8.37. The van der Waals surface area contributed by atoms with E-state index in [1.807, 2.05) is 77.1 Å². The summed E-state index contributed by atoms with van der Waals surface area (Å²) >= 11 is 6.20. The van der Waals surface area contributed by atoms with Crippen molar-refractivity contribution >= 4 is 46.3 Å². The molecule has 0 fully saturated rings. The van der Waals surface area contributed by atoms with Crippen LogP contribution in [-0.4, -0.2) is 11.6 Å². The second-order valence-electron chi connectivity index (χ2n) is 8.83. The van der Waals surface area contributed by atoms with Gasteiger partial charge in [-0.2, -0.15) is 0 Å². The third kappa shape index (κ3) is 5.13. The van der Waals surface area contributed by atoms with Crippen LogP contribution in [0.5, 0.6) is 11.5 Å². The zero-order chi connectivity index (χ0) is 28.3. The predicted octanol–water partition coefficient (Wildman–Crippen LogP) is 10.0. The summed E-state index contributed by atoms with van der Waals surface area (Å²) in [6.07, 6.45) is 1.63. The molecule has 0 N–H and O–H groups in total. The number of anilines is 3. The van der Waals surface area contributed by atoms with Gasteiger partial charge in [-0.15, -0.1) is 0 Å². The normalized spacial score (nSPS) is 13.8. The van der Waals surface area contributed by atoms with E-state index in [1.165, 1.54) is 5.56 Å². The molecule has 6 rings (SSSR count). The Morgan fingerprint density at radius 3 is 2.03 bits per heavy atom. The molecule has 4 aromatic carbocycles. The second-order valence-corrected chi connectivity index (χ2v) is 9.24. The summed E-state index contributed by atoms with van der Waals surface area (Å²) in [5.74, 6) is 0.788. The summed E-state index contributed by atoms with van der Waals surface area (Å²) in [4.78, 5) is 28.2. The van der Waals surface area contributed by atoms with Crippen LogP contribution in [0.4, 0.5) is 17.1 Å². The molecule has 0 saturated carbocycles. The zero-order valence-corrected chi connectivity index (χ0v) is 23.9. The van der Waals surface area contributed by atoms with Crippen molar-refractivity contribution in [1.29, 1.82) is 0 Å². The highest BCUT2D eigenvalue weighted by atomic mass is 35.5. The van der Waals surface area contributed by atoms with E-state index in [0.29, 0.717) is 27.5 Å². The van der Waals surface area contributed by atoms with E-state index in [9.17, 15) is 9.59 Å². The summed E-state index contributed by atoms with van der Waals surface area (Å²) in [5, 5.41) is 0.475. The number of fused-ring (bicyclic) bond motifs is 3. The quantitative estimate of drug-likeness (QED) is 0.166. The Morgan fingerprint density at radius 2 is 1.33 bits per heavy atom. The first-order valence-corrected chi connectivity index (χ1v) is 13.7. The van der Waals surface area contributed by atoms with Crippen molar-refractivity contribution < 1.29 is 14.3 Å². The summed E-state index contributed by atoms with van der Waals surface area (Å²) in [7, 11) is 0. The minimum atomic E-state index is -0.308. The van der Waals surface area contributed by atoms with Crippen LogP contribution in [0.1, 0.15) is 65.1 Å². The molecule has 0 saturated heterocycles. The molecule has 198 valence electrons. The van der Waals surface area contributed by atoms with E-state index < -0.39 is 0 Å². The number of carbonyl (C=O) groups excluding carboxylic acids is 2. The van der Waals surface area contributed by atoms with Crippen molar-refractivity contribution in [3.63, 3.8) is 0 Å². The molecule has 1 aliphatic carbocycles. The van der Waals surface area contributed by atoms with Crippen molar-refractivity contribution in [2.24, 2.45) is 0 Å². The van der Waals surface area contributed by atoms with E-state index in [1.54, 1.807) is 18.2 Å². The number of nitrogens with zero attached hydrogens (tertiary/aromatic N) is 1. The largest absolute Gasteiger partial charge is 0.453 e. The molecule has 0 aromatic heterocycles. The molecule has 4 nitrogen and oxygen atoms in total. The number of Topliss-reactive ketones (excluding diaryl/α,β-unsaturated/α-hetero) is 2. The van der Waals surface area contributed by atoms with Gasteiger partial charge in [-0.25, -0.2) is 0 Å². The Bertz CT molecular complexity index is 1540. The van der Waals surface area contributed by atoms with Crippen LogP contribution in [0.15, 0.2) is 84.4 Å². The fourth-order valence-corrected chi connectivity index (χ4v) is 4.75. The van der Waals surface area contributed by atoms with Gasteiger partial charge < -0.3 is 9.64 Å². The highest BCUT2D eigenvalue weighted by molar-refractivity contribution is 6.42. The minimum absolute atomic E-state index is 0.133. The number of halogens is 1. The zero-order valence-electron chi connectivity index (χ0n) is 23.1. The Hall–Kier alpha value is -4.15. The molecule has 0 amide bonds. The molecule has 1 heterocycles. The van der Waals surface area contributed by atoms with E-state index in [2.05, 4.69) is 36.1 Å². The van der Waals surface area contributed by atoms with Crippen LogP contribution in [0.3, 0.4) is 0 Å². The van der Waals surface area contributed by atoms with Crippen molar-refractivity contribution in [1.82, 2.24) is 0 Å². The number of benzene rings is 4. The number of allylic oxidation sites excluding steroid dienone is 1. The van der Waals surface area contributed by atoms with Crippen LogP contribution in [-0.2, 0) is 0 Å². The molecule has 0 spiro atoms. The molecule has 0 radical (unpaired) electrons. The van der Waals surface area contributed by atoms with Gasteiger partial charge in [0.1, 0.15) is 0 Å². The molecule has 4 aromatic rings. The van der Waals surface area contributed by atoms with Gasteiger partial charge in [-0.3, -0.25) is 9.59 Å². The maximum absolute atomic E-state index is 13.0. The number of ketones is 2. The van der Waals surface area contributed by atoms with Gasteiger partial charge >= 0.3 is 0 Å². The third-order valence-corrected chi connectivity index (χ3v) is 6.84. The molecule has 2 aliphatic rings. The number of hydrogen-bond donors (Lipinski definition) is 0. The van der Waals surface area contributed by atoms with Gasteiger partial charge in [0.15, 0.2) is 23.1 Å². The minimum Gasteiger partial charge on any atom is -0.453 e. The highest BCUT2D eigenvalue weighted by Crippen LogP contribution is 2.50. The highest BCUT2D eigenvalue weighted by Gasteiger charge is 2.34. The number of carbonyl (C=O) groups is 2. The lowest BCUT2D eigenvalue weighted by Gasteiger charge is -2.33. The molecule has 39 heavy (non-hydrogen) atoms. The number of aryl methyl sites for hydroxylation is 2. The monoisotopic (exact) mass is 537 g/mol. The standard InChI is InChI=1S/C30H20ClNO3.2C2H6/c1-17-7-10-20(11-8-17)32-25-5-3-4-6-27(25)35-28-15-19(9-12-26(28)32)14-23-29(33)21-13-18(2)24(31)16-22(21)30(23)34;2*1-2/h3-16H,1-2H3;2*1-2H3/b23-14-;;. The smallest absolute Gasteiger partial charge is 0.197 e. The third-order valence-electron chi connectivity index (χ3n) is 6.43. The van der Waals surface area contributed by atoms with Crippen LogP contribution in [0.2, 0.25) is 5.02 Å². The summed E-state index contributed by atoms with van der Waals surface area (Å²) in [6.45, 7) is 11.9. The first kappa shape index (κ1) is 27.9. The Balaban J connectivity index is 0.000000845. The Labute approximate surface area is 235 Å². The van der Waals surface area contributed by atoms with Crippen molar-refractivity contribution in [2.75, 3.05) is 4.90 Å². The predicted molar refractivity (Wildman–Crippen MR) is 161 cm³/mol. The molecule has 1 aliphatic heterocycles. The number of para-hydroxylation sites is 2. The SMILES string of the molecule is CC.CC.Cc1ccc(N2c3ccccc3Oc3cc(/C=C4/C(=O)c5cc(C)c(Cl)cc5C4=O)ccc32)cc1. The maximum atomic E-state index is 13.0. The van der Waals surface area contributed by atoms with Gasteiger partial charge in [0.2, 0.25) is 0 Å². The van der Waals surface area contributed by atoms with E-state index in [0.717, 1.165) is 28.4 Å². The molecule has 0 bridgehead atoms. The van der Waals surface area contributed by atoms with E-state index in [-0.39, 0.29) is 17.1 Å². The van der Waals surface area contributed by atoms with Gasteiger partial charge in [-0.05, 0) is 79.6 Å². The lowest BCUT2D eigenvalue weighted by atomic mass is 10.0. The van der Waals surface area contributed by atoms with Gasteiger partial charge in [0.25, 0.3) is 0 Å². The second kappa shape index (κ2) is 11.7. The average molecular weight is 538 g/mol. The summed E-state index contributed by atoms with van der Waals surface area (Å²) < 4.78 is 6.25. The van der Waals surface area contributed by atoms with Crippen LogP contribution in [0.25, 0.3) is 6.08 Å². The molecular weight excluding hydrogens is 506 g/mol. The summed E-state index contributed by atoms with van der Waals surface area (Å²) in [6, 6.07) is 25.2. The molecule has 0 unspecified atom stereocenters. The van der Waals surface area contributed by atoms with Gasteiger partial charge in [-0.1, -0.05) is 75.2 Å². The number of ether oxygens (including phenoxy) is 1. The fourth-order valence-electron chi connectivity index (χ4n) is 4.58. The van der Waals surface area contributed by atoms with Crippen LogP contribution in [0, 0.1) is 13.8 Å². The maximum Gasteiger partial charge on any atom is 0.197 e. The van der Waals surface area contributed by atoms with Gasteiger partial charge in [0.05, 0.1) is 16.9 Å². The average Bonchev–Trinajstić information content (AvgIpc) is 3.18. The van der Waals surface area contributed by atoms with E-state index in [4.69, 9.17) is 16.3 Å². The lowest BCUT2D eigenvalue weighted by molar-refractivity contribution is 0.0990. The van der Waals surface area contributed by atoms with Crippen LogP contribution >= 0.6 is 11.6 Å². The van der Waals surface area contributed by atoms with Crippen molar-refractivity contribution in [3.05, 3.63) is 117 Å². The van der Waals surface area contributed by atoms with Gasteiger partial charge in [0, 0.05) is 21.8 Å². The number of rotatable bonds is 2. The summed E-state index contributed by atoms with van der Waals surface area (Å²) in [5.41, 5.74) is 6.38. The Morgan fingerprint density at radius 1 is 0.718 bits per heavy atom. The molecule has 0 atom stereocenters. The fraction of sp³-hybridized carbons (Fsp3) is 0.176. The molecule has 5 heteroatoms. The van der Waals surface area contributed by atoms with Crippen LogP contribution < -0.4 is 9.64 Å². The molecular formula is C34H32ClNO3. The van der Waals surface area contributed by atoms with Crippen molar-refractivity contribution in [3.8, 4) is 11.5 Å². The van der Waals surface area contributed by atoms with Crippen molar-refractivity contribution in [2.45, 2.75) is 41.5 Å². The first-order chi connectivity index (χ1) is 18.9. The van der Waals surface area contributed by atoms with E-state index >= 15 is 0 Å². The first-order valence-electron chi connectivity index (χ1n) is 13.3. The lowest BCUT2D eigenvalue weighted by Crippen LogP contribution is -2.15. The topological polar surface area (TPSA) is 46.6 Å².